The topological polar surface area (TPSA) is 97.2 Å². The third-order valence-corrected chi connectivity index (χ3v) is 5.37. The van der Waals surface area contributed by atoms with Gasteiger partial charge in [-0.3, -0.25) is 9.59 Å². The Morgan fingerprint density at radius 3 is 2.71 bits per heavy atom. The number of halogens is 2. The fourth-order valence-electron chi connectivity index (χ4n) is 2.56. The second-order valence-corrected chi connectivity index (χ2v) is 8.08. The molecule has 2 aromatic carbocycles. The van der Waals surface area contributed by atoms with Gasteiger partial charge < -0.3 is 19.9 Å². The number of thioether (sulfide) groups is 1. The number of hydrogen-bond donors (Lipinski definition) is 2. The summed E-state index contributed by atoms with van der Waals surface area (Å²) in [6.45, 7) is 2.27. The van der Waals surface area contributed by atoms with E-state index in [9.17, 15) is 9.59 Å². The minimum atomic E-state index is -0.944. The van der Waals surface area contributed by atoms with Gasteiger partial charge in [-0.05, 0) is 60.7 Å². The molecule has 0 spiro atoms. The monoisotopic (exact) mass is 480 g/mol. The van der Waals surface area contributed by atoms with E-state index in [0.29, 0.717) is 43.9 Å². The predicted molar refractivity (Wildman–Crippen MR) is 123 cm³/mol. The molecule has 1 amide bonds. The molecular formula is C21H18Cl2N2O5S. The lowest BCUT2D eigenvalue weighted by molar-refractivity contribution is -0.137. The molecule has 0 atom stereocenters. The molecule has 2 N–H and O–H groups in total. The van der Waals surface area contributed by atoms with Crippen LogP contribution in [-0.2, 0) is 9.59 Å². The maximum atomic E-state index is 12.4. The van der Waals surface area contributed by atoms with Crippen molar-refractivity contribution in [3.05, 3.63) is 56.9 Å². The van der Waals surface area contributed by atoms with E-state index in [-0.39, 0.29) is 18.9 Å². The summed E-state index contributed by atoms with van der Waals surface area (Å²) in [4.78, 5) is 27.8. The van der Waals surface area contributed by atoms with E-state index in [4.69, 9.17) is 37.8 Å². The Balaban J connectivity index is 1.78. The summed E-state index contributed by atoms with van der Waals surface area (Å²) < 4.78 is 11.1. The molecule has 0 radical (unpaired) electrons. The first-order valence-electron chi connectivity index (χ1n) is 9.21. The van der Waals surface area contributed by atoms with Crippen LogP contribution in [-0.4, -0.2) is 35.4 Å². The number of nitrogens with one attached hydrogen (secondary N) is 1. The van der Waals surface area contributed by atoms with E-state index in [0.717, 1.165) is 5.56 Å². The third-order valence-electron chi connectivity index (χ3n) is 3.92. The lowest BCUT2D eigenvalue weighted by atomic mass is 10.2. The Morgan fingerprint density at radius 2 is 2.00 bits per heavy atom. The Hall–Kier alpha value is -2.68. The van der Waals surface area contributed by atoms with Gasteiger partial charge in [-0.25, -0.2) is 4.99 Å². The predicted octanol–water partition coefficient (Wildman–Crippen LogP) is 5.14. The number of aliphatic imine (C=N–C) groups is 1. The van der Waals surface area contributed by atoms with Gasteiger partial charge in [0.25, 0.3) is 5.91 Å². The quantitative estimate of drug-likeness (QED) is 0.507. The fourth-order valence-corrected chi connectivity index (χ4v) is 3.85. The first-order chi connectivity index (χ1) is 14.9. The van der Waals surface area contributed by atoms with Gasteiger partial charge >= 0.3 is 5.97 Å². The minimum Gasteiger partial charge on any atom is -0.490 e. The van der Waals surface area contributed by atoms with Gasteiger partial charge in [0.2, 0.25) is 0 Å². The first kappa shape index (κ1) is 23.0. The van der Waals surface area contributed by atoms with Crippen molar-refractivity contribution in [2.75, 3.05) is 13.2 Å². The van der Waals surface area contributed by atoms with E-state index in [1.807, 2.05) is 6.92 Å². The van der Waals surface area contributed by atoms with Crippen LogP contribution in [0.15, 0.2) is 46.3 Å². The number of carbonyl (C=O) groups excluding carboxylic acids is 1. The maximum absolute atomic E-state index is 12.4. The van der Waals surface area contributed by atoms with Gasteiger partial charge in [-0.1, -0.05) is 29.3 Å². The molecule has 2 aromatic rings. The molecule has 1 saturated heterocycles. The summed E-state index contributed by atoms with van der Waals surface area (Å²) in [6.07, 6.45) is 1.59. The largest absolute Gasteiger partial charge is 0.490 e. The Kier molecular flexibility index (Phi) is 7.84. The van der Waals surface area contributed by atoms with Crippen molar-refractivity contribution >= 4 is 63.8 Å². The molecule has 10 heteroatoms. The number of amides is 1. The molecule has 162 valence electrons. The molecule has 31 heavy (non-hydrogen) atoms. The highest BCUT2D eigenvalue weighted by Gasteiger charge is 2.24. The zero-order valence-corrected chi connectivity index (χ0v) is 18.7. The summed E-state index contributed by atoms with van der Waals surface area (Å²) in [5.74, 6) is -0.324. The average molecular weight is 481 g/mol. The van der Waals surface area contributed by atoms with Crippen LogP contribution >= 0.6 is 35.0 Å². The normalized spacial score (nSPS) is 15.9. The molecule has 0 aliphatic carbocycles. The highest BCUT2D eigenvalue weighted by Crippen LogP contribution is 2.34. The maximum Gasteiger partial charge on any atom is 0.306 e. The van der Waals surface area contributed by atoms with Crippen LogP contribution in [0.1, 0.15) is 18.9 Å². The SMILES string of the molecule is CCOc1cc(/C=C2/SC(=Nc3ccc(Cl)cc3Cl)NC2=O)ccc1OCCC(=O)O. The van der Waals surface area contributed by atoms with E-state index < -0.39 is 5.97 Å². The van der Waals surface area contributed by atoms with Gasteiger partial charge in [0.05, 0.1) is 35.2 Å². The molecule has 0 saturated carbocycles. The molecule has 1 aliphatic rings. The second kappa shape index (κ2) is 10.6. The number of carboxylic acid groups (broad SMARTS) is 1. The van der Waals surface area contributed by atoms with Crippen molar-refractivity contribution in [2.45, 2.75) is 13.3 Å². The molecule has 1 heterocycles. The van der Waals surface area contributed by atoms with E-state index in [1.54, 1.807) is 42.5 Å². The first-order valence-corrected chi connectivity index (χ1v) is 10.8. The summed E-state index contributed by atoms with van der Waals surface area (Å²) in [5, 5.41) is 12.7. The molecule has 0 unspecified atom stereocenters. The highest BCUT2D eigenvalue weighted by atomic mass is 35.5. The number of nitrogens with zero attached hydrogens (tertiary/aromatic N) is 1. The Bertz CT molecular complexity index is 1070. The van der Waals surface area contributed by atoms with Crippen molar-refractivity contribution < 1.29 is 24.2 Å². The zero-order valence-electron chi connectivity index (χ0n) is 16.4. The fraction of sp³-hybridized carbons (Fsp3) is 0.190. The van der Waals surface area contributed by atoms with Crippen LogP contribution in [0, 0.1) is 0 Å². The van der Waals surface area contributed by atoms with Crippen molar-refractivity contribution in [3.8, 4) is 11.5 Å². The average Bonchev–Trinajstić information content (AvgIpc) is 3.04. The number of hydrogen-bond acceptors (Lipinski definition) is 6. The Morgan fingerprint density at radius 1 is 1.19 bits per heavy atom. The smallest absolute Gasteiger partial charge is 0.306 e. The number of ether oxygens (including phenoxy) is 2. The van der Waals surface area contributed by atoms with Crippen LogP contribution in [0.3, 0.4) is 0 Å². The van der Waals surface area contributed by atoms with Crippen LogP contribution in [0.4, 0.5) is 5.69 Å². The van der Waals surface area contributed by atoms with E-state index >= 15 is 0 Å². The van der Waals surface area contributed by atoms with Crippen LogP contribution in [0.5, 0.6) is 11.5 Å². The summed E-state index contributed by atoms with van der Waals surface area (Å²) >= 11 is 13.2. The zero-order chi connectivity index (χ0) is 22.4. The Labute approximate surface area is 193 Å². The number of amidine groups is 1. The summed E-state index contributed by atoms with van der Waals surface area (Å²) in [7, 11) is 0. The van der Waals surface area contributed by atoms with E-state index in [2.05, 4.69) is 10.3 Å². The number of benzene rings is 2. The van der Waals surface area contributed by atoms with Crippen molar-refractivity contribution in [1.29, 1.82) is 0 Å². The van der Waals surface area contributed by atoms with E-state index in [1.165, 1.54) is 11.8 Å². The van der Waals surface area contributed by atoms with Crippen LogP contribution in [0.25, 0.3) is 6.08 Å². The standard InChI is InChI=1S/C21H18Cl2N2O5S/c1-2-29-17-9-12(3-6-16(17)30-8-7-19(26)27)10-18-20(28)25-21(31-18)24-15-5-4-13(22)11-14(15)23/h3-6,9-11H,2,7-8H2,1H3,(H,26,27)(H,24,25,28)/b18-10+. The van der Waals surface area contributed by atoms with Gasteiger partial charge in [0.15, 0.2) is 16.7 Å². The molecule has 3 rings (SSSR count). The number of carboxylic acids is 1. The molecule has 0 bridgehead atoms. The van der Waals surface area contributed by atoms with Crippen molar-refractivity contribution in [3.63, 3.8) is 0 Å². The number of carbonyl (C=O) groups is 2. The minimum absolute atomic E-state index is 0.0290. The summed E-state index contributed by atoms with van der Waals surface area (Å²) in [6, 6.07) is 10.1. The molecule has 7 nitrogen and oxygen atoms in total. The number of rotatable bonds is 8. The van der Waals surface area contributed by atoms with Gasteiger partial charge in [0.1, 0.15) is 0 Å². The molecule has 1 aliphatic heterocycles. The molecular weight excluding hydrogens is 463 g/mol. The lowest BCUT2D eigenvalue weighted by Crippen LogP contribution is -2.19. The highest BCUT2D eigenvalue weighted by molar-refractivity contribution is 8.18. The lowest BCUT2D eigenvalue weighted by Gasteiger charge is -2.12. The van der Waals surface area contributed by atoms with Crippen molar-refractivity contribution in [1.82, 2.24) is 5.32 Å². The van der Waals surface area contributed by atoms with Crippen molar-refractivity contribution in [2.24, 2.45) is 4.99 Å². The van der Waals surface area contributed by atoms with Gasteiger partial charge in [-0.2, -0.15) is 0 Å². The molecule has 0 aromatic heterocycles. The summed E-state index contributed by atoms with van der Waals surface area (Å²) in [5.41, 5.74) is 1.22. The number of aliphatic carboxylic acids is 1. The van der Waals surface area contributed by atoms with Crippen LogP contribution in [0.2, 0.25) is 10.0 Å². The van der Waals surface area contributed by atoms with Gasteiger partial charge in [0, 0.05) is 5.02 Å². The van der Waals surface area contributed by atoms with Gasteiger partial charge in [-0.15, -0.1) is 0 Å². The van der Waals surface area contributed by atoms with Crippen LogP contribution < -0.4 is 14.8 Å². The third kappa shape index (κ3) is 6.40. The second-order valence-electron chi connectivity index (χ2n) is 6.21. The molecule has 1 fully saturated rings.